The molecule has 0 atom stereocenters. The zero-order valence-electron chi connectivity index (χ0n) is 14.7. The standard InChI is InChI=1S/C7H12O3.C6H10O4.C2H7N.CH4/c1-3-5-6(8)7(9)10-4-2;1-3-9-5(7)6(8)10-4-2;1-2-3;/h3-5H2,1-2H3;3-4H2,1-2H3;2-3H2,1H3;1H4. The van der Waals surface area contributed by atoms with Gasteiger partial charge in [0.05, 0.1) is 19.8 Å². The Kier molecular flexibility index (Phi) is 29.1. The van der Waals surface area contributed by atoms with Crippen molar-refractivity contribution in [2.75, 3.05) is 26.4 Å². The Morgan fingerprint density at radius 2 is 1.00 bits per heavy atom. The van der Waals surface area contributed by atoms with Crippen LogP contribution in [0, 0.1) is 0 Å². The Balaban J connectivity index is -0.000000138. The monoisotopic (exact) mass is 351 g/mol. The maximum absolute atomic E-state index is 10.7. The summed E-state index contributed by atoms with van der Waals surface area (Å²) in [6, 6.07) is 0. The first-order valence-electron chi connectivity index (χ1n) is 7.59. The number of hydrogen-bond acceptors (Lipinski definition) is 8. The van der Waals surface area contributed by atoms with Gasteiger partial charge in [-0.1, -0.05) is 21.3 Å². The Bertz CT molecular complexity index is 279. The predicted molar refractivity (Wildman–Crippen MR) is 91.3 cm³/mol. The summed E-state index contributed by atoms with van der Waals surface area (Å²) >= 11 is 0. The van der Waals surface area contributed by atoms with Crippen LogP contribution in [0.4, 0.5) is 0 Å². The highest BCUT2D eigenvalue weighted by Crippen LogP contribution is 1.91. The van der Waals surface area contributed by atoms with Crippen LogP contribution in [0.1, 0.15) is 54.9 Å². The van der Waals surface area contributed by atoms with Gasteiger partial charge in [0.2, 0.25) is 5.78 Å². The summed E-state index contributed by atoms with van der Waals surface area (Å²) in [5.74, 6) is -2.98. The maximum Gasteiger partial charge on any atom is 0.417 e. The summed E-state index contributed by atoms with van der Waals surface area (Å²) in [4.78, 5) is 42.1. The molecule has 0 saturated heterocycles. The van der Waals surface area contributed by atoms with E-state index in [1.807, 2.05) is 13.8 Å². The smallest absolute Gasteiger partial charge is 0.417 e. The molecule has 0 saturated carbocycles. The SMILES string of the molecule is C.CCCC(=O)C(=O)OCC.CCN.CCOC(=O)C(=O)OCC. The van der Waals surface area contributed by atoms with Crippen LogP contribution in [0.3, 0.4) is 0 Å². The number of rotatable bonds is 6. The zero-order chi connectivity index (χ0) is 18.7. The molecule has 0 rings (SSSR count). The largest absolute Gasteiger partial charge is 0.460 e. The molecule has 24 heavy (non-hydrogen) atoms. The molecule has 144 valence electrons. The third-order valence-electron chi connectivity index (χ3n) is 1.70. The summed E-state index contributed by atoms with van der Waals surface area (Å²) in [5.41, 5.74) is 4.85. The molecule has 0 spiro atoms. The lowest BCUT2D eigenvalue weighted by atomic mass is 10.2. The van der Waals surface area contributed by atoms with Crippen LogP contribution in [0.2, 0.25) is 0 Å². The van der Waals surface area contributed by atoms with Gasteiger partial charge in [0, 0.05) is 6.42 Å². The number of nitrogens with two attached hydrogens (primary N) is 1. The molecule has 8 nitrogen and oxygen atoms in total. The molecule has 0 aromatic heterocycles. The van der Waals surface area contributed by atoms with Gasteiger partial charge in [-0.3, -0.25) is 4.79 Å². The van der Waals surface area contributed by atoms with Crippen LogP contribution in [-0.4, -0.2) is 50.1 Å². The topological polar surface area (TPSA) is 122 Å². The fourth-order valence-corrected chi connectivity index (χ4v) is 0.921. The van der Waals surface area contributed by atoms with Gasteiger partial charge in [-0.05, 0) is 33.7 Å². The highest BCUT2D eigenvalue weighted by Gasteiger charge is 2.14. The minimum Gasteiger partial charge on any atom is -0.460 e. The van der Waals surface area contributed by atoms with Gasteiger partial charge in [-0.25, -0.2) is 14.4 Å². The van der Waals surface area contributed by atoms with Crippen molar-refractivity contribution >= 4 is 23.7 Å². The van der Waals surface area contributed by atoms with E-state index in [4.69, 9.17) is 5.73 Å². The second-order valence-corrected chi connectivity index (χ2v) is 3.74. The zero-order valence-corrected chi connectivity index (χ0v) is 14.7. The van der Waals surface area contributed by atoms with Crippen LogP contribution in [0.15, 0.2) is 0 Å². The minimum absolute atomic E-state index is 0. The molecule has 0 radical (unpaired) electrons. The van der Waals surface area contributed by atoms with E-state index in [1.54, 1.807) is 20.8 Å². The van der Waals surface area contributed by atoms with Gasteiger partial charge in [0.25, 0.3) is 0 Å². The first kappa shape index (κ1) is 30.0. The molecule has 0 fully saturated rings. The van der Waals surface area contributed by atoms with E-state index in [0.717, 1.165) is 6.54 Å². The van der Waals surface area contributed by atoms with Crippen LogP contribution in [0.25, 0.3) is 0 Å². The number of carbonyl (C=O) groups excluding carboxylic acids is 4. The third-order valence-corrected chi connectivity index (χ3v) is 1.70. The quantitative estimate of drug-likeness (QED) is 0.435. The van der Waals surface area contributed by atoms with E-state index in [0.29, 0.717) is 12.8 Å². The molecule has 2 N–H and O–H groups in total. The van der Waals surface area contributed by atoms with Crippen molar-refractivity contribution in [3.05, 3.63) is 0 Å². The molecule has 0 aromatic carbocycles. The van der Waals surface area contributed by atoms with Crippen molar-refractivity contribution in [3.8, 4) is 0 Å². The average Bonchev–Trinajstić information content (AvgIpc) is 2.49. The first-order chi connectivity index (χ1) is 10.9. The highest BCUT2D eigenvalue weighted by atomic mass is 16.6. The molecular formula is C16H33NO7. The van der Waals surface area contributed by atoms with E-state index >= 15 is 0 Å². The summed E-state index contributed by atoms with van der Waals surface area (Å²) in [6.07, 6.45) is 0.983. The van der Waals surface area contributed by atoms with Crippen molar-refractivity contribution in [1.82, 2.24) is 0 Å². The minimum atomic E-state index is -0.927. The highest BCUT2D eigenvalue weighted by molar-refractivity contribution is 6.33. The maximum atomic E-state index is 10.7. The Labute approximate surface area is 145 Å². The lowest BCUT2D eigenvalue weighted by Gasteiger charge is -1.99. The number of esters is 3. The molecule has 0 heterocycles. The van der Waals surface area contributed by atoms with Gasteiger partial charge in [0.15, 0.2) is 0 Å². The molecule has 0 bridgehead atoms. The second kappa shape index (κ2) is 23.3. The molecule has 0 amide bonds. The van der Waals surface area contributed by atoms with E-state index in [9.17, 15) is 19.2 Å². The first-order valence-corrected chi connectivity index (χ1v) is 7.59. The molecule has 0 aliphatic carbocycles. The van der Waals surface area contributed by atoms with E-state index in [2.05, 4.69) is 14.2 Å². The Morgan fingerprint density at radius 3 is 1.25 bits per heavy atom. The lowest BCUT2D eigenvalue weighted by Crippen LogP contribution is -2.19. The molecule has 0 aromatic rings. The van der Waals surface area contributed by atoms with Crippen LogP contribution >= 0.6 is 0 Å². The number of ketones is 1. The van der Waals surface area contributed by atoms with Crippen molar-refractivity contribution < 1.29 is 33.4 Å². The number of hydrogen-bond donors (Lipinski definition) is 1. The molecular weight excluding hydrogens is 318 g/mol. The lowest BCUT2D eigenvalue weighted by molar-refractivity contribution is -0.167. The van der Waals surface area contributed by atoms with Crippen molar-refractivity contribution in [2.45, 2.75) is 54.9 Å². The second-order valence-electron chi connectivity index (χ2n) is 3.74. The molecule has 0 aliphatic rings. The fraction of sp³-hybridized carbons (Fsp3) is 0.750. The normalized spacial score (nSPS) is 8.08. The predicted octanol–water partition coefficient (Wildman–Crippen LogP) is 1.63. The van der Waals surface area contributed by atoms with Crippen LogP contribution in [-0.2, 0) is 33.4 Å². The van der Waals surface area contributed by atoms with Gasteiger partial charge in [-0.15, -0.1) is 0 Å². The Hall–Kier alpha value is -1.96. The third kappa shape index (κ3) is 22.3. The van der Waals surface area contributed by atoms with E-state index in [-0.39, 0.29) is 27.2 Å². The van der Waals surface area contributed by atoms with Gasteiger partial charge >= 0.3 is 17.9 Å². The summed E-state index contributed by atoms with van der Waals surface area (Å²) in [5, 5.41) is 0. The number of Topliss-reactive ketones (excluding diaryl/α,β-unsaturated/α-hetero) is 1. The summed E-state index contributed by atoms with van der Waals surface area (Å²) in [7, 11) is 0. The molecule has 0 unspecified atom stereocenters. The fourth-order valence-electron chi connectivity index (χ4n) is 0.921. The van der Waals surface area contributed by atoms with Crippen molar-refractivity contribution in [2.24, 2.45) is 5.73 Å². The van der Waals surface area contributed by atoms with Gasteiger partial charge in [-0.2, -0.15) is 0 Å². The Morgan fingerprint density at radius 1 is 0.708 bits per heavy atom. The average molecular weight is 351 g/mol. The van der Waals surface area contributed by atoms with E-state index in [1.165, 1.54) is 0 Å². The number of carbonyl (C=O) groups is 4. The van der Waals surface area contributed by atoms with Crippen LogP contribution < -0.4 is 5.73 Å². The summed E-state index contributed by atoms with van der Waals surface area (Å²) < 4.78 is 13.2. The van der Waals surface area contributed by atoms with Gasteiger partial charge in [0.1, 0.15) is 0 Å². The van der Waals surface area contributed by atoms with Crippen LogP contribution in [0.5, 0.6) is 0 Å². The molecule has 8 heteroatoms. The number of ether oxygens (including phenoxy) is 3. The molecule has 0 aliphatic heterocycles. The van der Waals surface area contributed by atoms with Crippen molar-refractivity contribution in [1.29, 1.82) is 0 Å². The van der Waals surface area contributed by atoms with E-state index < -0.39 is 23.7 Å². The summed E-state index contributed by atoms with van der Waals surface area (Å²) in [6.45, 7) is 10.1. The van der Waals surface area contributed by atoms with Crippen molar-refractivity contribution in [3.63, 3.8) is 0 Å². The van der Waals surface area contributed by atoms with Gasteiger partial charge < -0.3 is 19.9 Å².